The molecule has 0 saturated heterocycles. The number of hydrogen-bond donors (Lipinski definition) is 2. The zero-order valence-electron chi connectivity index (χ0n) is 51.3. The van der Waals surface area contributed by atoms with Crippen molar-refractivity contribution >= 4 is 13.7 Å². The Bertz CT molecular complexity index is 1640. The molecule has 0 aliphatic carbocycles. The summed E-state index contributed by atoms with van der Waals surface area (Å²) in [4.78, 5) is 25.6. The van der Waals surface area contributed by atoms with Gasteiger partial charge in [-0.25, -0.2) is 0 Å². The number of unbranched alkanes of at least 4 members (excludes halogenated alkanes) is 27. The predicted octanol–water partition coefficient (Wildman–Crippen LogP) is 19.7. The van der Waals surface area contributed by atoms with Gasteiger partial charge in [-0.05, 0) is 83.5 Å². The number of carbonyl (C=O) groups is 1. The fourth-order valence-corrected chi connectivity index (χ4v) is 9.76. The highest BCUT2D eigenvalue weighted by molar-refractivity contribution is 7.45. The highest BCUT2D eigenvalue weighted by Gasteiger charge is 2.24. The molecular formula is C69H123N2O6P. The van der Waals surface area contributed by atoms with Crippen LogP contribution in [0.15, 0.2) is 109 Å². The summed E-state index contributed by atoms with van der Waals surface area (Å²) in [6.45, 7) is 4.61. The molecule has 0 radical (unpaired) electrons. The Morgan fingerprint density at radius 3 is 1.14 bits per heavy atom. The van der Waals surface area contributed by atoms with Gasteiger partial charge in [0.1, 0.15) is 13.2 Å². The highest BCUT2D eigenvalue weighted by Crippen LogP contribution is 2.38. The smallest absolute Gasteiger partial charge is 0.268 e. The van der Waals surface area contributed by atoms with E-state index < -0.39 is 20.0 Å². The van der Waals surface area contributed by atoms with E-state index in [2.05, 4.69) is 129 Å². The number of rotatable bonds is 58. The summed E-state index contributed by atoms with van der Waals surface area (Å²) in [5.74, 6) is -0.185. The molecule has 3 unspecified atom stereocenters. The second kappa shape index (κ2) is 58.8. The molecule has 78 heavy (non-hydrogen) atoms. The van der Waals surface area contributed by atoms with Crippen molar-refractivity contribution < 1.29 is 32.9 Å². The van der Waals surface area contributed by atoms with E-state index in [1.54, 1.807) is 0 Å². The van der Waals surface area contributed by atoms with Crippen LogP contribution in [0.4, 0.5) is 0 Å². The van der Waals surface area contributed by atoms with Gasteiger partial charge < -0.3 is 28.8 Å². The molecule has 0 aliphatic rings. The van der Waals surface area contributed by atoms with E-state index in [9.17, 15) is 19.4 Å². The van der Waals surface area contributed by atoms with Crippen molar-refractivity contribution in [3.8, 4) is 0 Å². The van der Waals surface area contributed by atoms with Crippen molar-refractivity contribution in [3.05, 3.63) is 109 Å². The Labute approximate surface area is 482 Å². The lowest BCUT2D eigenvalue weighted by Crippen LogP contribution is -2.46. The van der Waals surface area contributed by atoms with Crippen LogP contribution < -0.4 is 10.2 Å². The fraction of sp³-hybridized carbons (Fsp3) is 0.725. The maximum atomic E-state index is 13.0. The van der Waals surface area contributed by atoms with Gasteiger partial charge in [-0.3, -0.25) is 9.36 Å². The number of nitrogens with one attached hydrogen (secondary N) is 1. The molecule has 0 aromatic rings. The van der Waals surface area contributed by atoms with Crippen molar-refractivity contribution in [1.82, 2.24) is 5.32 Å². The van der Waals surface area contributed by atoms with Crippen molar-refractivity contribution in [2.75, 3.05) is 40.9 Å². The Kier molecular flexibility index (Phi) is 56.7. The van der Waals surface area contributed by atoms with Crippen molar-refractivity contribution in [2.24, 2.45) is 0 Å². The summed E-state index contributed by atoms with van der Waals surface area (Å²) in [6.07, 6.45) is 85.6. The maximum absolute atomic E-state index is 13.0. The highest BCUT2D eigenvalue weighted by atomic mass is 31.2. The lowest BCUT2D eigenvalue weighted by atomic mass is 10.0. The van der Waals surface area contributed by atoms with E-state index in [0.29, 0.717) is 23.9 Å². The van der Waals surface area contributed by atoms with Gasteiger partial charge in [-0.2, -0.15) is 0 Å². The average Bonchev–Trinajstić information content (AvgIpc) is 3.41. The quantitative estimate of drug-likeness (QED) is 0.0272. The Hall–Kier alpha value is -2.84. The van der Waals surface area contributed by atoms with Crippen LogP contribution in [0.2, 0.25) is 0 Å². The van der Waals surface area contributed by atoms with Gasteiger partial charge in [0, 0.05) is 6.42 Å². The monoisotopic (exact) mass is 1110 g/mol. The van der Waals surface area contributed by atoms with Gasteiger partial charge >= 0.3 is 0 Å². The molecule has 1 amide bonds. The predicted molar refractivity (Wildman–Crippen MR) is 339 cm³/mol. The minimum Gasteiger partial charge on any atom is -0.756 e. The first kappa shape index (κ1) is 75.2. The molecule has 3 atom stereocenters. The number of amides is 1. The second-order valence-electron chi connectivity index (χ2n) is 22.7. The van der Waals surface area contributed by atoms with E-state index in [1.165, 1.54) is 128 Å². The molecule has 2 N–H and O–H groups in total. The molecule has 0 bridgehead atoms. The number of phosphoric ester groups is 1. The molecule has 0 aromatic carbocycles. The van der Waals surface area contributed by atoms with E-state index in [0.717, 1.165) is 116 Å². The lowest BCUT2D eigenvalue weighted by molar-refractivity contribution is -0.870. The molecule has 0 rings (SSSR count). The number of aliphatic hydroxyl groups is 1. The summed E-state index contributed by atoms with van der Waals surface area (Å²) < 4.78 is 23.5. The molecule has 450 valence electrons. The minimum absolute atomic E-state index is 0.00272. The molecular weight excluding hydrogens is 984 g/mol. The summed E-state index contributed by atoms with van der Waals surface area (Å²) in [7, 11) is 1.28. The SMILES string of the molecule is CC/C=C\C/C=C\C/C=C\C/C=C\C/C=C\C/C=C\C/C=C\C/C=C\C/C=C\CCCCCCCC(=O)NC(COP(=O)([O-])OCC[N+](C)(C)C)C(O)CCCCCCCCCCCCCCCCCCCCCCCCC. The van der Waals surface area contributed by atoms with Gasteiger partial charge in [-0.1, -0.05) is 290 Å². The normalized spacial score (nSPS) is 14.5. The first-order valence-electron chi connectivity index (χ1n) is 32.2. The molecule has 0 saturated carbocycles. The third kappa shape index (κ3) is 60.8. The third-order valence-electron chi connectivity index (χ3n) is 14.0. The number of likely N-dealkylation sites (N-methyl/N-ethyl adjacent to an activating group) is 1. The summed E-state index contributed by atoms with van der Waals surface area (Å²) in [6, 6.07) is -0.821. The van der Waals surface area contributed by atoms with E-state index in [1.807, 2.05) is 21.1 Å². The van der Waals surface area contributed by atoms with E-state index in [4.69, 9.17) is 9.05 Å². The molecule has 9 heteroatoms. The lowest BCUT2D eigenvalue weighted by Gasteiger charge is -2.30. The van der Waals surface area contributed by atoms with E-state index >= 15 is 0 Å². The largest absolute Gasteiger partial charge is 0.756 e. The molecule has 0 aromatic heterocycles. The number of carbonyl (C=O) groups excluding carboxylic acids is 1. The number of quaternary nitrogens is 1. The summed E-state index contributed by atoms with van der Waals surface area (Å²) in [5, 5.41) is 14.1. The van der Waals surface area contributed by atoms with Gasteiger partial charge in [0.2, 0.25) is 5.91 Å². The first-order valence-corrected chi connectivity index (χ1v) is 33.7. The van der Waals surface area contributed by atoms with Crippen molar-refractivity contribution in [3.63, 3.8) is 0 Å². The molecule has 8 nitrogen and oxygen atoms in total. The minimum atomic E-state index is -4.59. The van der Waals surface area contributed by atoms with Gasteiger partial charge in [0.25, 0.3) is 7.82 Å². The van der Waals surface area contributed by atoms with Crippen LogP contribution in [0.3, 0.4) is 0 Å². The molecule has 0 spiro atoms. The summed E-state index contributed by atoms with van der Waals surface area (Å²) in [5.41, 5.74) is 0. The molecule has 0 aliphatic heterocycles. The molecule has 0 fully saturated rings. The van der Waals surface area contributed by atoms with E-state index in [-0.39, 0.29) is 19.1 Å². The zero-order chi connectivity index (χ0) is 57.0. The number of aliphatic hydroxyl groups excluding tert-OH is 1. The zero-order valence-corrected chi connectivity index (χ0v) is 52.2. The topological polar surface area (TPSA) is 108 Å². The first-order chi connectivity index (χ1) is 38.0. The standard InChI is InChI=1S/C69H123N2O6P/c1-6-8-10-12-14-16-18-20-22-24-26-28-30-31-32-33-34-35-36-37-38-39-41-43-45-47-49-51-53-55-57-59-61-63-69(73)70-67(66-77-78(74,75)76-65-64-71(3,4)5)68(72)62-60-58-56-54-52-50-48-46-44-42-40-29-27-25-23-21-19-17-15-13-11-9-7-2/h8,10,14,16,20,22,26,28,31-32,34-35,37-38,41,43,47,49,67-68,72H,6-7,9,11-13,15,17-19,21,23-25,27,29-30,33,36,39-40,42,44-46,48,50-66H2,1-5H3,(H-,70,73,74,75)/b10-8-,16-14-,22-20-,28-26-,32-31-,35-34-,38-37-,43-41-,49-47-. The number of hydrogen-bond acceptors (Lipinski definition) is 6. The van der Waals surface area contributed by atoms with Crippen molar-refractivity contribution in [1.29, 1.82) is 0 Å². The Balaban J connectivity index is 4.20. The average molecular weight is 1110 g/mol. The third-order valence-corrected chi connectivity index (χ3v) is 15.0. The number of allylic oxidation sites excluding steroid dienone is 18. The van der Waals surface area contributed by atoms with Crippen LogP contribution in [0.1, 0.15) is 271 Å². The van der Waals surface area contributed by atoms with Crippen LogP contribution in [0.25, 0.3) is 0 Å². The Morgan fingerprint density at radius 2 is 0.782 bits per heavy atom. The van der Waals surface area contributed by atoms with Crippen LogP contribution in [0.5, 0.6) is 0 Å². The van der Waals surface area contributed by atoms with Crippen LogP contribution >= 0.6 is 7.82 Å². The second-order valence-corrected chi connectivity index (χ2v) is 24.2. The van der Waals surface area contributed by atoms with Gasteiger partial charge in [-0.15, -0.1) is 0 Å². The Morgan fingerprint density at radius 1 is 0.462 bits per heavy atom. The maximum Gasteiger partial charge on any atom is 0.268 e. The molecule has 0 heterocycles. The summed E-state index contributed by atoms with van der Waals surface area (Å²) >= 11 is 0. The van der Waals surface area contributed by atoms with Gasteiger partial charge in [0.05, 0.1) is 39.9 Å². The fourth-order valence-electron chi connectivity index (χ4n) is 9.03. The van der Waals surface area contributed by atoms with Crippen LogP contribution in [-0.4, -0.2) is 68.5 Å². The number of nitrogens with zero attached hydrogens (tertiary/aromatic N) is 1. The van der Waals surface area contributed by atoms with Crippen LogP contribution in [0, 0.1) is 0 Å². The number of phosphoric acid groups is 1. The van der Waals surface area contributed by atoms with Gasteiger partial charge in [0.15, 0.2) is 0 Å². The van der Waals surface area contributed by atoms with Crippen molar-refractivity contribution in [2.45, 2.75) is 283 Å². The van der Waals surface area contributed by atoms with Crippen LogP contribution in [-0.2, 0) is 18.4 Å².